The Hall–Kier alpha value is -2.35. The van der Waals surface area contributed by atoms with Crippen LogP contribution in [-0.2, 0) is 9.31 Å². The monoisotopic (exact) mass is 450 g/mol. The van der Waals surface area contributed by atoms with Crippen LogP contribution in [0, 0.1) is 6.92 Å². The molecule has 1 aromatic heterocycles. The van der Waals surface area contributed by atoms with Crippen molar-refractivity contribution in [3.05, 3.63) is 59.1 Å². The summed E-state index contributed by atoms with van der Waals surface area (Å²) in [5.41, 5.74) is 3.38. The van der Waals surface area contributed by atoms with E-state index in [1.165, 1.54) is 0 Å². The van der Waals surface area contributed by atoms with Gasteiger partial charge in [-0.25, -0.2) is 0 Å². The molecule has 3 heterocycles. The van der Waals surface area contributed by atoms with Crippen LogP contribution in [0.5, 0.6) is 0 Å². The molecule has 8 heteroatoms. The fourth-order valence-electron chi connectivity index (χ4n) is 4.39. The molecule has 166 valence electrons. The van der Waals surface area contributed by atoms with E-state index in [1.54, 1.807) is 0 Å². The molecular formula is C24H28BClN4O2. The van der Waals surface area contributed by atoms with Gasteiger partial charge in [-0.1, -0.05) is 24.6 Å². The summed E-state index contributed by atoms with van der Waals surface area (Å²) in [6, 6.07) is 14.3. The fourth-order valence-corrected chi connectivity index (χ4v) is 4.51. The van der Waals surface area contributed by atoms with Crippen molar-refractivity contribution in [2.75, 3.05) is 11.4 Å². The SMILES string of the molecule is Cc1nnc2n1-c1ccc(B3OC(C)(C)C(C)(C)O3)cc1N(c1ccc(Cl)cc1)C[C@H]2C. The normalized spacial score (nSPS) is 21.3. The van der Waals surface area contributed by atoms with Crippen LogP contribution in [0.4, 0.5) is 11.4 Å². The Morgan fingerprint density at radius 3 is 2.28 bits per heavy atom. The van der Waals surface area contributed by atoms with Crippen molar-refractivity contribution >= 4 is 35.6 Å². The summed E-state index contributed by atoms with van der Waals surface area (Å²) in [7, 11) is -0.431. The topological polar surface area (TPSA) is 52.4 Å². The van der Waals surface area contributed by atoms with E-state index in [9.17, 15) is 0 Å². The van der Waals surface area contributed by atoms with Crippen LogP contribution >= 0.6 is 11.6 Å². The van der Waals surface area contributed by atoms with Crippen molar-refractivity contribution in [2.45, 2.75) is 58.7 Å². The molecular weight excluding hydrogens is 423 g/mol. The third kappa shape index (κ3) is 3.34. The number of nitrogens with zero attached hydrogens (tertiary/aromatic N) is 4. The first kappa shape index (κ1) is 21.5. The average molecular weight is 451 g/mol. The summed E-state index contributed by atoms with van der Waals surface area (Å²) in [6.07, 6.45) is 0. The van der Waals surface area contributed by atoms with Crippen molar-refractivity contribution in [1.82, 2.24) is 14.8 Å². The second-order valence-electron chi connectivity index (χ2n) is 9.77. The fraction of sp³-hybridized carbons (Fsp3) is 0.417. The zero-order chi connectivity index (χ0) is 22.8. The summed E-state index contributed by atoms with van der Waals surface area (Å²) in [4.78, 5) is 2.32. The van der Waals surface area contributed by atoms with Crippen molar-refractivity contribution in [3.8, 4) is 5.69 Å². The summed E-state index contributed by atoms with van der Waals surface area (Å²) in [5, 5.41) is 9.57. The smallest absolute Gasteiger partial charge is 0.399 e. The summed E-state index contributed by atoms with van der Waals surface area (Å²) < 4.78 is 14.8. The molecule has 2 aromatic carbocycles. The predicted molar refractivity (Wildman–Crippen MR) is 129 cm³/mol. The Morgan fingerprint density at radius 2 is 1.62 bits per heavy atom. The Morgan fingerprint density at radius 1 is 0.969 bits per heavy atom. The molecule has 0 amide bonds. The van der Waals surface area contributed by atoms with Gasteiger partial charge in [-0.2, -0.15) is 0 Å². The average Bonchev–Trinajstić information content (AvgIpc) is 3.17. The van der Waals surface area contributed by atoms with Crippen molar-refractivity contribution in [3.63, 3.8) is 0 Å². The first-order chi connectivity index (χ1) is 15.1. The number of hydrogen-bond acceptors (Lipinski definition) is 5. The molecule has 0 N–H and O–H groups in total. The molecule has 1 saturated heterocycles. The molecule has 5 rings (SSSR count). The van der Waals surface area contributed by atoms with E-state index in [2.05, 4.69) is 84.6 Å². The van der Waals surface area contributed by atoms with Crippen LogP contribution in [0.1, 0.15) is 52.2 Å². The number of aromatic nitrogens is 3. The maximum Gasteiger partial charge on any atom is 0.494 e. The number of hydrogen-bond donors (Lipinski definition) is 0. The van der Waals surface area contributed by atoms with Gasteiger partial charge in [0.05, 0.1) is 22.6 Å². The lowest BCUT2D eigenvalue weighted by atomic mass is 9.78. The molecule has 0 saturated carbocycles. The maximum atomic E-state index is 6.34. The number of fused-ring (bicyclic) bond motifs is 3. The quantitative estimate of drug-likeness (QED) is 0.526. The van der Waals surface area contributed by atoms with Gasteiger partial charge in [-0.05, 0) is 76.5 Å². The lowest BCUT2D eigenvalue weighted by Gasteiger charge is -2.32. The van der Waals surface area contributed by atoms with E-state index in [0.29, 0.717) is 0 Å². The van der Waals surface area contributed by atoms with Crippen LogP contribution in [0.15, 0.2) is 42.5 Å². The Kier molecular flexibility index (Phi) is 4.93. The van der Waals surface area contributed by atoms with Gasteiger partial charge >= 0.3 is 7.12 Å². The van der Waals surface area contributed by atoms with E-state index < -0.39 is 18.3 Å². The van der Waals surface area contributed by atoms with Gasteiger partial charge in [0, 0.05) is 23.2 Å². The minimum Gasteiger partial charge on any atom is -0.399 e. The zero-order valence-corrected chi connectivity index (χ0v) is 20.1. The molecule has 0 aliphatic carbocycles. The minimum absolute atomic E-state index is 0.180. The van der Waals surface area contributed by atoms with E-state index in [4.69, 9.17) is 20.9 Å². The predicted octanol–water partition coefficient (Wildman–Crippen LogP) is 4.78. The van der Waals surface area contributed by atoms with Gasteiger partial charge in [-0.15, -0.1) is 10.2 Å². The van der Waals surface area contributed by atoms with Crippen molar-refractivity contribution < 1.29 is 9.31 Å². The molecule has 3 aromatic rings. The third-order valence-corrected chi connectivity index (χ3v) is 7.19. The summed E-state index contributed by atoms with van der Waals surface area (Å²) >= 11 is 6.18. The first-order valence-corrected chi connectivity index (χ1v) is 11.4. The Balaban J connectivity index is 1.66. The van der Waals surface area contributed by atoms with Crippen LogP contribution in [0.2, 0.25) is 5.02 Å². The number of rotatable bonds is 2. The molecule has 6 nitrogen and oxygen atoms in total. The van der Waals surface area contributed by atoms with E-state index in [1.807, 2.05) is 19.1 Å². The van der Waals surface area contributed by atoms with Crippen LogP contribution in [0.25, 0.3) is 5.69 Å². The lowest BCUT2D eigenvalue weighted by molar-refractivity contribution is 0.00578. The van der Waals surface area contributed by atoms with E-state index >= 15 is 0 Å². The highest BCUT2D eigenvalue weighted by Crippen LogP contribution is 2.40. The number of benzene rings is 2. The van der Waals surface area contributed by atoms with Crippen LogP contribution < -0.4 is 10.4 Å². The molecule has 0 unspecified atom stereocenters. The molecule has 0 bridgehead atoms. The standard InChI is InChI=1S/C24H28BClN4O2/c1-15-14-29(19-10-8-18(26)9-11-19)21-13-17(25-31-23(3,4)24(5,6)32-25)7-12-20(21)30-16(2)27-28-22(15)30/h7-13,15H,14H2,1-6H3/t15-/m1/s1. The van der Waals surface area contributed by atoms with Gasteiger partial charge in [0.1, 0.15) is 11.6 Å². The summed E-state index contributed by atoms with van der Waals surface area (Å²) in [5.74, 6) is 2.01. The first-order valence-electron chi connectivity index (χ1n) is 11.0. The molecule has 32 heavy (non-hydrogen) atoms. The lowest BCUT2D eigenvalue weighted by Crippen LogP contribution is -2.41. The highest BCUT2D eigenvalue weighted by atomic mass is 35.5. The molecule has 1 atom stereocenters. The largest absolute Gasteiger partial charge is 0.494 e. The Bertz CT molecular complexity index is 1160. The van der Waals surface area contributed by atoms with E-state index in [-0.39, 0.29) is 5.92 Å². The van der Waals surface area contributed by atoms with Gasteiger partial charge in [0.15, 0.2) is 0 Å². The highest BCUT2D eigenvalue weighted by molar-refractivity contribution is 6.62. The number of halogens is 1. The molecule has 0 spiro atoms. The Labute approximate surface area is 194 Å². The van der Waals surface area contributed by atoms with Crippen LogP contribution in [0.3, 0.4) is 0 Å². The van der Waals surface area contributed by atoms with Crippen LogP contribution in [-0.4, -0.2) is 39.6 Å². The van der Waals surface area contributed by atoms with Gasteiger partial charge in [-0.3, -0.25) is 4.57 Å². The van der Waals surface area contributed by atoms with Gasteiger partial charge < -0.3 is 14.2 Å². The molecule has 2 aliphatic rings. The van der Waals surface area contributed by atoms with E-state index in [0.717, 1.165) is 45.7 Å². The summed E-state index contributed by atoms with van der Waals surface area (Å²) in [6.45, 7) is 13.2. The highest BCUT2D eigenvalue weighted by Gasteiger charge is 2.52. The van der Waals surface area contributed by atoms with Gasteiger partial charge in [0.25, 0.3) is 0 Å². The van der Waals surface area contributed by atoms with Crippen molar-refractivity contribution in [1.29, 1.82) is 0 Å². The maximum absolute atomic E-state index is 6.34. The molecule has 0 radical (unpaired) electrons. The molecule has 1 fully saturated rings. The minimum atomic E-state index is -0.431. The zero-order valence-electron chi connectivity index (χ0n) is 19.4. The molecule has 2 aliphatic heterocycles. The second-order valence-corrected chi connectivity index (χ2v) is 10.2. The second kappa shape index (κ2) is 7.34. The number of aryl methyl sites for hydroxylation is 1. The van der Waals surface area contributed by atoms with Gasteiger partial charge in [0.2, 0.25) is 0 Å². The van der Waals surface area contributed by atoms with Crippen molar-refractivity contribution in [2.24, 2.45) is 0 Å². The number of anilines is 2. The third-order valence-electron chi connectivity index (χ3n) is 6.94.